The van der Waals surface area contributed by atoms with Gasteiger partial charge in [0.15, 0.2) is 17.3 Å². The Morgan fingerprint density at radius 2 is 1.91 bits per heavy atom. The highest BCUT2D eigenvalue weighted by Gasteiger charge is 2.30. The standard InChI is InChI=1S/C22H24ClN3O5S/c1-3-30-20-13-17(14-24)12-19(23)22(20)31-21(27)15-32(28,29)26-9-7-25(8-10-26)18-6-4-5-16(2)11-18/h4-6,11-13H,3,7-10,15H2,1-2H3. The molecule has 1 aliphatic rings. The summed E-state index contributed by atoms with van der Waals surface area (Å²) in [4.78, 5) is 14.6. The van der Waals surface area contributed by atoms with Crippen LogP contribution in [-0.2, 0) is 14.8 Å². The van der Waals surface area contributed by atoms with Gasteiger partial charge in [0, 0.05) is 37.9 Å². The van der Waals surface area contributed by atoms with E-state index in [-0.39, 0.29) is 41.8 Å². The van der Waals surface area contributed by atoms with Crippen molar-refractivity contribution in [2.75, 3.05) is 43.4 Å². The minimum atomic E-state index is -3.87. The van der Waals surface area contributed by atoms with E-state index in [9.17, 15) is 13.2 Å². The Hall–Kier alpha value is -2.80. The van der Waals surface area contributed by atoms with Crippen LogP contribution < -0.4 is 14.4 Å². The molecule has 1 saturated heterocycles. The summed E-state index contributed by atoms with van der Waals surface area (Å²) in [6.45, 7) is 5.56. The van der Waals surface area contributed by atoms with Gasteiger partial charge in [0.25, 0.3) is 0 Å². The molecule has 170 valence electrons. The molecule has 0 aromatic heterocycles. The molecule has 10 heteroatoms. The maximum Gasteiger partial charge on any atom is 0.328 e. The molecular weight excluding hydrogens is 454 g/mol. The van der Waals surface area contributed by atoms with E-state index in [0.29, 0.717) is 13.1 Å². The molecule has 1 aliphatic heterocycles. The Bertz CT molecular complexity index is 1140. The van der Waals surface area contributed by atoms with Gasteiger partial charge in [-0.25, -0.2) is 8.42 Å². The van der Waals surface area contributed by atoms with Gasteiger partial charge in [0.05, 0.1) is 23.3 Å². The van der Waals surface area contributed by atoms with Crippen LogP contribution in [0.5, 0.6) is 11.5 Å². The van der Waals surface area contributed by atoms with Crippen LogP contribution >= 0.6 is 11.6 Å². The summed E-state index contributed by atoms with van der Waals surface area (Å²) in [5, 5.41) is 9.06. The zero-order valence-electron chi connectivity index (χ0n) is 17.9. The molecule has 8 nitrogen and oxygen atoms in total. The van der Waals surface area contributed by atoms with Crippen LogP contribution in [0.15, 0.2) is 36.4 Å². The van der Waals surface area contributed by atoms with Crippen molar-refractivity contribution in [2.24, 2.45) is 0 Å². The SMILES string of the molecule is CCOc1cc(C#N)cc(Cl)c1OC(=O)CS(=O)(=O)N1CCN(c2cccc(C)c2)CC1. The second kappa shape index (κ2) is 10.2. The Balaban J connectivity index is 1.65. The normalized spacial score (nSPS) is 14.6. The van der Waals surface area contributed by atoms with Crippen LogP contribution in [0.3, 0.4) is 0 Å². The smallest absolute Gasteiger partial charge is 0.328 e. The monoisotopic (exact) mass is 477 g/mol. The average molecular weight is 478 g/mol. The third-order valence-electron chi connectivity index (χ3n) is 4.95. The van der Waals surface area contributed by atoms with E-state index < -0.39 is 21.7 Å². The molecule has 0 atom stereocenters. The maximum atomic E-state index is 12.8. The summed E-state index contributed by atoms with van der Waals surface area (Å²) >= 11 is 6.12. The number of carbonyl (C=O) groups excluding carboxylic acids is 1. The lowest BCUT2D eigenvalue weighted by atomic mass is 10.2. The number of carbonyl (C=O) groups is 1. The summed E-state index contributed by atoms with van der Waals surface area (Å²) in [7, 11) is -3.87. The molecule has 0 amide bonds. The number of aryl methyl sites for hydroxylation is 1. The largest absolute Gasteiger partial charge is 0.490 e. The molecule has 0 bridgehead atoms. The predicted octanol–water partition coefficient (Wildman–Crippen LogP) is 2.98. The number of piperazine rings is 1. The highest BCUT2D eigenvalue weighted by Crippen LogP contribution is 2.36. The maximum absolute atomic E-state index is 12.8. The molecule has 2 aromatic carbocycles. The van der Waals surface area contributed by atoms with Crippen LogP contribution in [0.2, 0.25) is 5.02 Å². The molecular formula is C22H24ClN3O5S. The van der Waals surface area contributed by atoms with Crippen LogP contribution in [0.25, 0.3) is 0 Å². The average Bonchev–Trinajstić information content (AvgIpc) is 2.76. The highest BCUT2D eigenvalue weighted by molar-refractivity contribution is 7.89. The quantitative estimate of drug-likeness (QED) is 0.446. The third-order valence-corrected chi connectivity index (χ3v) is 6.99. The Labute approximate surface area is 192 Å². The molecule has 1 heterocycles. The Morgan fingerprint density at radius 3 is 2.53 bits per heavy atom. The summed E-state index contributed by atoms with van der Waals surface area (Å²) in [5.74, 6) is -1.79. The van der Waals surface area contributed by atoms with Crippen molar-refractivity contribution in [3.8, 4) is 17.6 Å². The summed E-state index contributed by atoms with van der Waals surface area (Å²) in [6, 6.07) is 12.7. The van der Waals surface area contributed by atoms with E-state index in [2.05, 4.69) is 11.0 Å². The number of rotatable bonds is 7. The summed E-state index contributed by atoms with van der Waals surface area (Å²) in [6.07, 6.45) is 0. The lowest BCUT2D eigenvalue weighted by Gasteiger charge is -2.35. The first-order chi connectivity index (χ1) is 15.2. The van der Waals surface area contributed by atoms with Crippen molar-refractivity contribution in [2.45, 2.75) is 13.8 Å². The lowest BCUT2D eigenvalue weighted by Crippen LogP contribution is -2.50. The number of sulfonamides is 1. The van der Waals surface area contributed by atoms with Gasteiger partial charge in [-0.1, -0.05) is 23.7 Å². The number of ether oxygens (including phenoxy) is 2. The van der Waals surface area contributed by atoms with Gasteiger partial charge in [-0.15, -0.1) is 0 Å². The van der Waals surface area contributed by atoms with Gasteiger partial charge < -0.3 is 14.4 Å². The van der Waals surface area contributed by atoms with Gasteiger partial charge in [0.2, 0.25) is 10.0 Å². The number of nitriles is 1. The van der Waals surface area contributed by atoms with E-state index in [0.717, 1.165) is 11.3 Å². The fourth-order valence-electron chi connectivity index (χ4n) is 3.43. The van der Waals surface area contributed by atoms with Crippen molar-refractivity contribution in [1.82, 2.24) is 4.31 Å². The number of nitrogens with zero attached hydrogens (tertiary/aromatic N) is 3. The number of halogens is 1. The number of anilines is 1. The van der Waals surface area contributed by atoms with Gasteiger partial charge in [-0.2, -0.15) is 9.57 Å². The number of hydrogen-bond acceptors (Lipinski definition) is 7. The first-order valence-corrected chi connectivity index (χ1v) is 12.1. The first kappa shape index (κ1) is 23.9. The minimum absolute atomic E-state index is 0.00924. The number of benzene rings is 2. The van der Waals surface area contributed by atoms with Crippen LogP contribution in [0.1, 0.15) is 18.1 Å². The molecule has 3 rings (SSSR count). The van der Waals surface area contributed by atoms with Crippen molar-refractivity contribution < 1.29 is 22.7 Å². The zero-order chi connectivity index (χ0) is 23.3. The molecule has 0 spiro atoms. The van der Waals surface area contributed by atoms with Gasteiger partial charge >= 0.3 is 5.97 Å². The minimum Gasteiger partial charge on any atom is -0.490 e. The topological polar surface area (TPSA) is 99.9 Å². The van der Waals surface area contributed by atoms with Crippen molar-refractivity contribution in [1.29, 1.82) is 5.26 Å². The second-order valence-electron chi connectivity index (χ2n) is 7.29. The fourth-order valence-corrected chi connectivity index (χ4v) is 4.94. The van der Waals surface area contributed by atoms with E-state index in [4.69, 9.17) is 26.3 Å². The molecule has 0 aliphatic carbocycles. The molecule has 0 radical (unpaired) electrons. The first-order valence-electron chi connectivity index (χ1n) is 10.1. The van der Waals surface area contributed by atoms with E-state index in [1.165, 1.54) is 16.4 Å². The second-order valence-corrected chi connectivity index (χ2v) is 9.66. The Morgan fingerprint density at radius 1 is 1.19 bits per heavy atom. The van der Waals surface area contributed by atoms with Crippen LogP contribution in [0, 0.1) is 18.3 Å². The van der Waals surface area contributed by atoms with E-state index >= 15 is 0 Å². The van der Waals surface area contributed by atoms with Crippen LogP contribution in [-0.4, -0.2) is 57.2 Å². The van der Waals surface area contributed by atoms with E-state index in [1.54, 1.807) is 6.92 Å². The Kier molecular flexibility index (Phi) is 7.61. The zero-order valence-corrected chi connectivity index (χ0v) is 19.4. The lowest BCUT2D eigenvalue weighted by molar-refractivity contribution is -0.131. The fraction of sp³-hybridized carbons (Fsp3) is 0.364. The number of hydrogen-bond donors (Lipinski definition) is 0. The van der Waals surface area contributed by atoms with Gasteiger partial charge in [-0.05, 0) is 37.6 Å². The molecule has 0 saturated carbocycles. The van der Waals surface area contributed by atoms with Crippen molar-refractivity contribution in [3.63, 3.8) is 0 Å². The number of esters is 1. The van der Waals surface area contributed by atoms with Gasteiger partial charge in [0.1, 0.15) is 0 Å². The predicted molar refractivity (Wildman–Crippen MR) is 122 cm³/mol. The highest BCUT2D eigenvalue weighted by atomic mass is 35.5. The summed E-state index contributed by atoms with van der Waals surface area (Å²) in [5.41, 5.74) is 2.41. The van der Waals surface area contributed by atoms with E-state index in [1.807, 2.05) is 31.2 Å². The summed E-state index contributed by atoms with van der Waals surface area (Å²) < 4.78 is 37.5. The molecule has 0 unspecified atom stereocenters. The van der Waals surface area contributed by atoms with Gasteiger partial charge in [-0.3, -0.25) is 4.79 Å². The molecule has 32 heavy (non-hydrogen) atoms. The third kappa shape index (κ3) is 5.71. The molecule has 2 aromatic rings. The molecule has 1 fully saturated rings. The van der Waals surface area contributed by atoms with Crippen molar-refractivity contribution >= 4 is 33.3 Å². The molecule has 0 N–H and O–H groups in total. The van der Waals surface area contributed by atoms with Crippen molar-refractivity contribution in [3.05, 3.63) is 52.5 Å². The van der Waals surface area contributed by atoms with Crippen LogP contribution in [0.4, 0.5) is 5.69 Å².